The number of hydrogen-bond acceptors (Lipinski definition) is 3. The maximum atomic E-state index is 13.7. The molecule has 1 amide bonds. The Morgan fingerprint density at radius 3 is 2.83 bits per heavy atom. The first-order chi connectivity index (χ1) is 8.54. The number of halogens is 1. The van der Waals surface area contributed by atoms with Crippen molar-refractivity contribution in [1.29, 1.82) is 0 Å². The first-order valence-electron chi connectivity index (χ1n) is 5.98. The number of carbonyl (C=O) groups is 1. The summed E-state index contributed by atoms with van der Waals surface area (Å²) < 4.78 is 18.9. The Balaban J connectivity index is 2.64. The van der Waals surface area contributed by atoms with Crippen molar-refractivity contribution in [3.63, 3.8) is 0 Å². The van der Waals surface area contributed by atoms with Gasteiger partial charge in [-0.2, -0.15) is 0 Å². The molecule has 0 fully saturated rings. The smallest absolute Gasteiger partial charge is 0.220 e. The van der Waals surface area contributed by atoms with Crippen LogP contribution in [0.5, 0.6) is 5.75 Å². The summed E-state index contributed by atoms with van der Waals surface area (Å²) in [5, 5.41) is 3.20. The zero-order chi connectivity index (χ0) is 13.5. The highest BCUT2D eigenvalue weighted by Crippen LogP contribution is 2.22. The van der Waals surface area contributed by atoms with E-state index in [-0.39, 0.29) is 24.8 Å². The number of ether oxygens (including phenoxy) is 1. The summed E-state index contributed by atoms with van der Waals surface area (Å²) >= 11 is 0. The number of amides is 1. The van der Waals surface area contributed by atoms with Crippen molar-refractivity contribution in [2.45, 2.75) is 26.3 Å². The molecule has 0 saturated carbocycles. The normalized spacial score (nSPS) is 12.2. The quantitative estimate of drug-likeness (QED) is 0.779. The van der Waals surface area contributed by atoms with Crippen LogP contribution in [0.1, 0.15) is 31.9 Å². The second-order valence-electron chi connectivity index (χ2n) is 4.03. The van der Waals surface area contributed by atoms with Gasteiger partial charge in [0.15, 0.2) is 11.6 Å². The highest BCUT2D eigenvalue weighted by atomic mass is 19.1. The number of nitrogens with two attached hydrogens (primary N) is 1. The summed E-state index contributed by atoms with van der Waals surface area (Å²) in [4.78, 5) is 10.5. The van der Waals surface area contributed by atoms with Crippen molar-refractivity contribution < 1.29 is 13.9 Å². The topological polar surface area (TPSA) is 64.3 Å². The van der Waals surface area contributed by atoms with Gasteiger partial charge in [0, 0.05) is 6.04 Å². The van der Waals surface area contributed by atoms with Gasteiger partial charge in [-0.15, -0.1) is 0 Å². The summed E-state index contributed by atoms with van der Waals surface area (Å²) in [5.74, 6) is -0.752. The average Bonchev–Trinajstić information content (AvgIpc) is 2.31. The number of carbonyl (C=O) groups excluding carboxylic acids is 1. The Bertz CT molecular complexity index is 410. The third-order valence-electron chi connectivity index (χ3n) is 2.57. The van der Waals surface area contributed by atoms with Gasteiger partial charge in [-0.3, -0.25) is 4.79 Å². The molecule has 5 heteroatoms. The molecule has 0 bridgehead atoms. The zero-order valence-corrected chi connectivity index (χ0v) is 10.7. The summed E-state index contributed by atoms with van der Waals surface area (Å²) in [6.45, 7) is 4.87. The van der Waals surface area contributed by atoms with E-state index in [2.05, 4.69) is 5.32 Å². The standard InChI is InChI=1S/C13H19FN2O2/c1-3-16-9(2)10-4-5-12(11(14)8-10)18-7-6-13(15)17/h4-5,8-9,16H,3,6-7H2,1-2H3,(H2,15,17). The highest BCUT2D eigenvalue weighted by molar-refractivity contribution is 5.73. The van der Waals surface area contributed by atoms with Crippen LogP contribution in [0.4, 0.5) is 4.39 Å². The molecule has 100 valence electrons. The minimum Gasteiger partial charge on any atom is -0.490 e. The van der Waals surface area contributed by atoms with Crippen LogP contribution in [-0.2, 0) is 4.79 Å². The molecule has 3 N–H and O–H groups in total. The second kappa shape index (κ2) is 6.96. The first-order valence-corrected chi connectivity index (χ1v) is 5.98. The molecule has 0 aliphatic heterocycles. The monoisotopic (exact) mass is 254 g/mol. The lowest BCUT2D eigenvalue weighted by molar-refractivity contribution is -0.118. The van der Waals surface area contributed by atoms with Gasteiger partial charge in [0.2, 0.25) is 5.91 Å². The van der Waals surface area contributed by atoms with Crippen LogP contribution in [-0.4, -0.2) is 19.1 Å². The van der Waals surface area contributed by atoms with Gasteiger partial charge in [0.05, 0.1) is 13.0 Å². The van der Waals surface area contributed by atoms with Crippen LogP contribution in [0, 0.1) is 5.82 Å². The summed E-state index contributed by atoms with van der Waals surface area (Å²) in [7, 11) is 0. The van der Waals surface area contributed by atoms with E-state index in [1.165, 1.54) is 6.07 Å². The van der Waals surface area contributed by atoms with Crippen molar-refractivity contribution in [2.75, 3.05) is 13.2 Å². The molecule has 1 unspecified atom stereocenters. The van der Waals surface area contributed by atoms with Crippen LogP contribution in [0.25, 0.3) is 0 Å². The van der Waals surface area contributed by atoms with Crippen molar-refractivity contribution in [3.05, 3.63) is 29.6 Å². The molecule has 4 nitrogen and oxygen atoms in total. The fourth-order valence-electron chi connectivity index (χ4n) is 1.59. The van der Waals surface area contributed by atoms with Crippen molar-refractivity contribution in [1.82, 2.24) is 5.32 Å². The molecule has 0 spiro atoms. The van der Waals surface area contributed by atoms with Crippen LogP contribution in [0.2, 0.25) is 0 Å². The average molecular weight is 254 g/mol. The van der Waals surface area contributed by atoms with Gasteiger partial charge in [-0.05, 0) is 31.2 Å². The zero-order valence-electron chi connectivity index (χ0n) is 10.7. The molecule has 0 aromatic heterocycles. The predicted molar refractivity (Wildman–Crippen MR) is 67.8 cm³/mol. The van der Waals surface area contributed by atoms with Gasteiger partial charge in [0.25, 0.3) is 0 Å². The Morgan fingerprint density at radius 2 is 2.28 bits per heavy atom. The maximum absolute atomic E-state index is 13.7. The van der Waals surface area contributed by atoms with Gasteiger partial charge in [-0.1, -0.05) is 13.0 Å². The van der Waals surface area contributed by atoms with E-state index < -0.39 is 11.7 Å². The largest absolute Gasteiger partial charge is 0.490 e. The lowest BCUT2D eigenvalue weighted by Gasteiger charge is -2.14. The fraction of sp³-hybridized carbons (Fsp3) is 0.462. The molecule has 1 aromatic rings. The minimum atomic E-state index is -0.465. The van der Waals surface area contributed by atoms with Crippen LogP contribution < -0.4 is 15.8 Å². The van der Waals surface area contributed by atoms with Crippen LogP contribution >= 0.6 is 0 Å². The van der Waals surface area contributed by atoms with Gasteiger partial charge >= 0.3 is 0 Å². The second-order valence-corrected chi connectivity index (χ2v) is 4.03. The summed E-state index contributed by atoms with van der Waals surface area (Å²) in [5.41, 5.74) is 5.83. The van der Waals surface area contributed by atoms with Crippen molar-refractivity contribution in [3.8, 4) is 5.75 Å². The van der Waals surface area contributed by atoms with E-state index in [0.717, 1.165) is 12.1 Å². The number of benzene rings is 1. The molecule has 1 aromatic carbocycles. The van der Waals surface area contributed by atoms with E-state index in [0.29, 0.717) is 0 Å². The van der Waals surface area contributed by atoms with Gasteiger partial charge < -0.3 is 15.8 Å². The molecular formula is C13H19FN2O2. The number of nitrogens with one attached hydrogen (secondary N) is 1. The van der Waals surface area contributed by atoms with Gasteiger partial charge in [0.1, 0.15) is 0 Å². The van der Waals surface area contributed by atoms with E-state index in [9.17, 15) is 9.18 Å². The van der Waals surface area contributed by atoms with E-state index in [4.69, 9.17) is 10.5 Å². The molecule has 1 atom stereocenters. The Hall–Kier alpha value is -1.62. The summed E-state index contributed by atoms with van der Waals surface area (Å²) in [6, 6.07) is 4.90. The molecule has 0 radical (unpaired) electrons. The fourth-order valence-corrected chi connectivity index (χ4v) is 1.59. The van der Waals surface area contributed by atoms with Crippen molar-refractivity contribution in [2.24, 2.45) is 5.73 Å². The van der Waals surface area contributed by atoms with Crippen LogP contribution in [0.15, 0.2) is 18.2 Å². The van der Waals surface area contributed by atoms with E-state index >= 15 is 0 Å². The lowest BCUT2D eigenvalue weighted by atomic mass is 10.1. The van der Waals surface area contributed by atoms with E-state index in [1.807, 2.05) is 13.8 Å². The maximum Gasteiger partial charge on any atom is 0.220 e. The number of primary amides is 1. The third kappa shape index (κ3) is 4.33. The Kier molecular flexibility index (Phi) is 5.58. The Morgan fingerprint density at radius 1 is 1.56 bits per heavy atom. The molecule has 1 rings (SSSR count). The first kappa shape index (κ1) is 14.4. The molecule has 0 aliphatic rings. The molecular weight excluding hydrogens is 235 g/mol. The van der Waals surface area contributed by atoms with Crippen molar-refractivity contribution >= 4 is 5.91 Å². The molecule has 0 heterocycles. The van der Waals surface area contributed by atoms with E-state index in [1.54, 1.807) is 12.1 Å². The molecule has 0 saturated heterocycles. The number of hydrogen-bond donors (Lipinski definition) is 2. The lowest BCUT2D eigenvalue weighted by Crippen LogP contribution is -2.18. The van der Waals surface area contributed by atoms with Gasteiger partial charge in [-0.25, -0.2) is 4.39 Å². The summed E-state index contributed by atoms with van der Waals surface area (Å²) in [6.07, 6.45) is 0.0784. The van der Waals surface area contributed by atoms with Crippen LogP contribution in [0.3, 0.4) is 0 Å². The SMILES string of the molecule is CCNC(C)c1ccc(OCCC(N)=O)c(F)c1. The Labute approximate surface area is 106 Å². The highest BCUT2D eigenvalue weighted by Gasteiger charge is 2.09. The third-order valence-corrected chi connectivity index (χ3v) is 2.57. The predicted octanol–water partition coefficient (Wildman–Crippen LogP) is 1.75. The molecule has 18 heavy (non-hydrogen) atoms. The minimum absolute atomic E-state index is 0.0784. The number of rotatable bonds is 7. The molecule has 0 aliphatic carbocycles.